The van der Waals surface area contributed by atoms with Gasteiger partial charge in [-0.3, -0.25) is 19.2 Å². The average Bonchev–Trinajstić information content (AvgIpc) is 2.79. The first kappa shape index (κ1) is 32.0. The number of nitrogens with one attached hydrogen (secondary N) is 3. The van der Waals surface area contributed by atoms with Gasteiger partial charge in [-0.25, -0.2) is 4.79 Å². The van der Waals surface area contributed by atoms with E-state index in [0.29, 0.717) is 24.3 Å². The Morgan fingerprint density at radius 3 is 1.65 bits per heavy atom. The van der Waals surface area contributed by atoms with Gasteiger partial charge in [0.25, 0.3) is 0 Å². The van der Waals surface area contributed by atoms with Crippen LogP contribution in [-0.4, -0.2) is 82.9 Å². The van der Waals surface area contributed by atoms with E-state index in [9.17, 15) is 29.1 Å². The lowest BCUT2D eigenvalue weighted by Gasteiger charge is -2.26. The number of thioether (sulfide) groups is 2. The summed E-state index contributed by atoms with van der Waals surface area (Å²) in [7, 11) is 0. The molecular weight excluding hydrogens is 482 g/mol. The van der Waals surface area contributed by atoms with Crippen molar-refractivity contribution in [2.24, 2.45) is 17.4 Å². The summed E-state index contributed by atoms with van der Waals surface area (Å²) in [6.45, 7) is 3.76. The standard InChI is InChI=1S/C21H39N5O6S2/c1-5-12(2)17(23)20(30)25-14(9-11-34-4)18(28)24-13(8-10-33-3)19(29)26-15(21(31)32)6-7-16(22)27/h12-15,17H,5-11,23H2,1-4H3,(H2,22,27)(H,24,28)(H,25,30)(H,26,29)(H,31,32). The zero-order valence-corrected chi connectivity index (χ0v) is 21.9. The van der Waals surface area contributed by atoms with E-state index in [0.717, 1.165) is 0 Å². The number of nitrogens with two attached hydrogens (primary N) is 2. The zero-order chi connectivity index (χ0) is 26.3. The van der Waals surface area contributed by atoms with Crippen LogP contribution >= 0.6 is 23.5 Å². The molecule has 0 saturated carbocycles. The molecule has 4 amide bonds. The highest BCUT2D eigenvalue weighted by Crippen LogP contribution is 2.09. The number of amides is 4. The van der Waals surface area contributed by atoms with Crippen LogP contribution in [0.2, 0.25) is 0 Å². The molecule has 0 aliphatic rings. The van der Waals surface area contributed by atoms with Crippen LogP contribution in [0, 0.1) is 5.92 Å². The van der Waals surface area contributed by atoms with Gasteiger partial charge in [-0.2, -0.15) is 23.5 Å². The van der Waals surface area contributed by atoms with Crippen LogP contribution in [0.4, 0.5) is 0 Å². The van der Waals surface area contributed by atoms with Crippen molar-refractivity contribution in [1.82, 2.24) is 16.0 Å². The fraction of sp³-hybridized carbons (Fsp3) is 0.762. The van der Waals surface area contributed by atoms with E-state index < -0.39 is 53.8 Å². The predicted molar refractivity (Wildman–Crippen MR) is 135 cm³/mol. The minimum absolute atomic E-state index is 0.0716. The van der Waals surface area contributed by atoms with E-state index in [2.05, 4.69) is 16.0 Å². The van der Waals surface area contributed by atoms with E-state index in [1.165, 1.54) is 23.5 Å². The molecule has 196 valence electrons. The zero-order valence-electron chi connectivity index (χ0n) is 20.3. The molecule has 0 spiro atoms. The number of carbonyl (C=O) groups is 5. The van der Waals surface area contributed by atoms with Crippen molar-refractivity contribution in [2.75, 3.05) is 24.0 Å². The summed E-state index contributed by atoms with van der Waals surface area (Å²) in [5.41, 5.74) is 11.1. The third kappa shape index (κ3) is 12.5. The summed E-state index contributed by atoms with van der Waals surface area (Å²) >= 11 is 2.96. The van der Waals surface area contributed by atoms with Crippen LogP contribution in [0.5, 0.6) is 0 Å². The van der Waals surface area contributed by atoms with Gasteiger partial charge in [-0.05, 0) is 49.2 Å². The maximum Gasteiger partial charge on any atom is 0.326 e. The van der Waals surface area contributed by atoms with Gasteiger partial charge in [0.1, 0.15) is 18.1 Å². The van der Waals surface area contributed by atoms with Gasteiger partial charge in [0.2, 0.25) is 23.6 Å². The van der Waals surface area contributed by atoms with Crippen LogP contribution in [0.25, 0.3) is 0 Å². The number of rotatable bonds is 18. The van der Waals surface area contributed by atoms with E-state index in [1.807, 2.05) is 26.4 Å². The van der Waals surface area contributed by atoms with Crippen LogP contribution < -0.4 is 27.4 Å². The molecule has 5 unspecified atom stereocenters. The number of aliphatic carboxylic acids is 1. The van der Waals surface area contributed by atoms with Crippen molar-refractivity contribution in [3.05, 3.63) is 0 Å². The monoisotopic (exact) mass is 521 g/mol. The number of carboxylic acid groups (broad SMARTS) is 1. The minimum Gasteiger partial charge on any atom is -0.480 e. The molecule has 5 atom stereocenters. The number of carboxylic acids is 1. The van der Waals surface area contributed by atoms with Gasteiger partial charge in [-0.1, -0.05) is 20.3 Å². The molecule has 0 radical (unpaired) electrons. The molecule has 8 N–H and O–H groups in total. The number of hydrogen-bond acceptors (Lipinski definition) is 8. The number of primary amides is 1. The van der Waals surface area contributed by atoms with Gasteiger partial charge < -0.3 is 32.5 Å². The number of carbonyl (C=O) groups excluding carboxylic acids is 4. The van der Waals surface area contributed by atoms with E-state index in [4.69, 9.17) is 11.5 Å². The molecule has 0 saturated heterocycles. The highest BCUT2D eigenvalue weighted by Gasteiger charge is 2.30. The molecule has 11 nitrogen and oxygen atoms in total. The van der Waals surface area contributed by atoms with Gasteiger partial charge >= 0.3 is 5.97 Å². The molecular formula is C21H39N5O6S2. The Bertz CT molecular complexity index is 697. The number of hydrogen-bond donors (Lipinski definition) is 6. The van der Waals surface area contributed by atoms with Gasteiger partial charge in [0, 0.05) is 6.42 Å². The van der Waals surface area contributed by atoms with Crippen molar-refractivity contribution in [3.63, 3.8) is 0 Å². The lowest BCUT2D eigenvalue weighted by molar-refractivity contribution is -0.142. The third-order valence-corrected chi connectivity index (χ3v) is 6.63. The lowest BCUT2D eigenvalue weighted by Crippen LogP contribution is -2.57. The Balaban J connectivity index is 5.45. The lowest BCUT2D eigenvalue weighted by atomic mass is 9.99. The first-order valence-corrected chi connectivity index (χ1v) is 13.9. The van der Waals surface area contributed by atoms with Crippen LogP contribution in [0.1, 0.15) is 46.0 Å². The van der Waals surface area contributed by atoms with Crippen molar-refractivity contribution in [2.45, 2.75) is 70.1 Å². The Hall–Kier alpha value is -1.99. The molecule has 0 aliphatic heterocycles. The second-order valence-corrected chi connectivity index (χ2v) is 9.97. The van der Waals surface area contributed by atoms with E-state index in [-0.39, 0.29) is 25.2 Å². The topological polar surface area (TPSA) is 194 Å². The summed E-state index contributed by atoms with van der Waals surface area (Å²) in [5.74, 6) is -2.64. The first-order chi connectivity index (χ1) is 16.0. The maximum atomic E-state index is 13.0. The second kappa shape index (κ2) is 17.4. The minimum atomic E-state index is -1.32. The SMILES string of the molecule is CCC(C)C(N)C(=O)NC(CCSC)C(=O)NC(CCSC)C(=O)NC(CCC(N)=O)C(=O)O. The molecule has 0 fully saturated rings. The molecule has 13 heteroatoms. The highest BCUT2D eigenvalue weighted by atomic mass is 32.2. The fourth-order valence-corrected chi connectivity index (χ4v) is 3.82. The maximum absolute atomic E-state index is 13.0. The molecule has 0 aromatic rings. The summed E-state index contributed by atoms with van der Waals surface area (Å²) in [6.07, 6.45) is 4.61. The van der Waals surface area contributed by atoms with Crippen molar-refractivity contribution >= 4 is 53.1 Å². The summed E-state index contributed by atoms with van der Waals surface area (Å²) in [6, 6.07) is -4.02. The molecule has 0 aliphatic carbocycles. The Kier molecular flexibility index (Phi) is 16.4. The van der Waals surface area contributed by atoms with Crippen LogP contribution in [0.3, 0.4) is 0 Å². The van der Waals surface area contributed by atoms with E-state index >= 15 is 0 Å². The third-order valence-electron chi connectivity index (χ3n) is 5.34. The summed E-state index contributed by atoms with van der Waals surface area (Å²) < 4.78 is 0. The molecule has 0 bridgehead atoms. The van der Waals surface area contributed by atoms with Crippen molar-refractivity contribution in [3.8, 4) is 0 Å². The molecule has 0 aromatic carbocycles. The Morgan fingerprint density at radius 2 is 1.26 bits per heavy atom. The first-order valence-electron chi connectivity index (χ1n) is 11.1. The molecule has 0 aromatic heterocycles. The summed E-state index contributed by atoms with van der Waals surface area (Å²) in [4.78, 5) is 60.9. The smallest absolute Gasteiger partial charge is 0.326 e. The summed E-state index contributed by atoms with van der Waals surface area (Å²) in [5, 5.41) is 17.1. The second-order valence-electron chi connectivity index (χ2n) is 8.00. The highest BCUT2D eigenvalue weighted by molar-refractivity contribution is 7.98. The van der Waals surface area contributed by atoms with Crippen LogP contribution in [0.15, 0.2) is 0 Å². The fourth-order valence-electron chi connectivity index (χ4n) is 2.88. The molecule has 34 heavy (non-hydrogen) atoms. The van der Waals surface area contributed by atoms with Gasteiger partial charge in [0.05, 0.1) is 6.04 Å². The van der Waals surface area contributed by atoms with Crippen molar-refractivity contribution in [1.29, 1.82) is 0 Å². The average molecular weight is 522 g/mol. The van der Waals surface area contributed by atoms with Gasteiger partial charge in [-0.15, -0.1) is 0 Å². The van der Waals surface area contributed by atoms with Gasteiger partial charge in [0.15, 0.2) is 0 Å². The van der Waals surface area contributed by atoms with E-state index in [1.54, 1.807) is 0 Å². The Morgan fingerprint density at radius 1 is 0.824 bits per heavy atom. The normalized spacial score (nSPS) is 15.3. The molecule has 0 rings (SSSR count). The van der Waals surface area contributed by atoms with Crippen LogP contribution in [-0.2, 0) is 24.0 Å². The van der Waals surface area contributed by atoms with Crippen molar-refractivity contribution < 1.29 is 29.1 Å². The largest absolute Gasteiger partial charge is 0.480 e. The predicted octanol–water partition coefficient (Wildman–Crippen LogP) is -0.329. The quantitative estimate of drug-likeness (QED) is 0.140. The Labute approximate surface area is 209 Å². The molecule has 0 heterocycles.